The number of esters is 1. The van der Waals surface area contributed by atoms with Gasteiger partial charge in [-0.3, -0.25) is 14.4 Å². The van der Waals surface area contributed by atoms with E-state index in [0.717, 1.165) is 0 Å². The quantitative estimate of drug-likeness (QED) is 0.488. The van der Waals surface area contributed by atoms with E-state index < -0.39 is 11.9 Å². The number of Topliss-reactive ketones (excluding diaryl/α,β-unsaturated/α-hetero) is 1. The molecule has 0 atom stereocenters. The molecule has 0 saturated heterocycles. The smallest absolute Gasteiger partial charge is 0.308 e. The van der Waals surface area contributed by atoms with Crippen LogP contribution < -0.4 is 10.1 Å². The Hall–Kier alpha value is -2.17. The first kappa shape index (κ1) is 12.9. The summed E-state index contributed by atoms with van der Waals surface area (Å²) in [6, 6.07) is 6.40. The largest absolute Gasteiger partial charge is 0.427 e. The maximum absolute atomic E-state index is 11.3. The predicted octanol–water partition coefficient (Wildman–Crippen LogP) is 1.53. The van der Waals surface area contributed by atoms with Crippen LogP contribution in [0, 0.1) is 0 Å². The van der Waals surface area contributed by atoms with Gasteiger partial charge in [0.1, 0.15) is 11.5 Å². The van der Waals surface area contributed by atoms with Crippen molar-refractivity contribution in [1.29, 1.82) is 0 Å². The van der Waals surface area contributed by atoms with E-state index in [1.54, 1.807) is 18.2 Å². The fraction of sp³-hybridized carbons (Fsp3) is 0.250. The van der Waals surface area contributed by atoms with Crippen molar-refractivity contribution >= 4 is 23.3 Å². The van der Waals surface area contributed by atoms with E-state index in [9.17, 15) is 14.4 Å². The minimum absolute atomic E-state index is 0.169. The first-order chi connectivity index (χ1) is 7.97. The van der Waals surface area contributed by atoms with Gasteiger partial charge in [-0.1, -0.05) is 6.07 Å². The molecule has 1 N–H and O–H groups in total. The Morgan fingerprint density at radius 2 is 1.94 bits per heavy atom. The number of anilines is 1. The second kappa shape index (κ2) is 5.79. The second-order valence-corrected chi connectivity index (χ2v) is 3.55. The topological polar surface area (TPSA) is 72.5 Å². The number of amides is 1. The van der Waals surface area contributed by atoms with Crippen molar-refractivity contribution < 1.29 is 19.1 Å². The number of hydrogen-bond donors (Lipinski definition) is 1. The average Bonchev–Trinajstić information content (AvgIpc) is 2.14. The molecule has 0 radical (unpaired) electrons. The van der Waals surface area contributed by atoms with Crippen molar-refractivity contribution in [2.45, 2.75) is 20.3 Å². The fourth-order valence-electron chi connectivity index (χ4n) is 1.23. The molecule has 0 fully saturated rings. The molecule has 0 aliphatic rings. The number of hydrogen-bond acceptors (Lipinski definition) is 4. The highest BCUT2D eigenvalue weighted by atomic mass is 16.5. The van der Waals surface area contributed by atoms with Crippen LogP contribution in [0.2, 0.25) is 0 Å². The number of ether oxygens (including phenoxy) is 1. The number of rotatable bonds is 4. The lowest BCUT2D eigenvalue weighted by atomic mass is 10.2. The lowest BCUT2D eigenvalue weighted by Crippen LogP contribution is -2.14. The molecule has 0 saturated carbocycles. The van der Waals surface area contributed by atoms with Gasteiger partial charge in [0, 0.05) is 18.7 Å². The van der Waals surface area contributed by atoms with E-state index in [-0.39, 0.29) is 12.2 Å². The van der Waals surface area contributed by atoms with Crippen LogP contribution in [0.4, 0.5) is 5.69 Å². The Labute approximate surface area is 98.8 Å². The van der Waals surface area contributed by atoms with Crippen molar-refractivity contribution in [2.75, 3.05) is 5.32 Å². The molecule has 0 aliphatic heterocycles. The van der Waals surface area contributed by atoms with Gasteiger partial charge in [0.05, 0.1) is 6.42 Å². The van der Waals surface area contributed by atoms with Crippen LogP contribution >= 0.6 is 0 Å². The zero-order chi connectivity index (χ0) is 12.8. The molecule has 0 heterocycles. The molecular formula is C12H13NO4. The minimum atomic E-state index is -0.433. The molecule has 90 valence electrons. The zero-order valence-electron chi connectivity index (χ0n) is 9.65. The molecule has 1 aromatic rings. The van der Waals surface area contributed by atoms with Gasteiger partial charge in [-0.2, -0.15) is 0 Å². The Bertz CT molecular complexity index is 454. The van der Waals surface area contributed by atoms with Crippen LogP contribution in [0.15, 0.2) is 24.3 Å². The highest BCUT2D eigenvalue weighted by Crippen LogP contribution is 2.17. The zero-order valence-corrected chi connectivity index (χ0v) is 9.65. The molecule has 1 rings (SSSR count). The molecule has 0 unspecified atom stereocenters. The van der Waals surface area contributed by atoms with Gasteiger partial charge >= 0.3 is 5.97 Å². The summed E-state index contributed by atoms with van der Waals surface area (Å²) in [7, 11) is 0. The van der Waals surface area contributed by atoms with Crippen LogP contribution in [-0.4, -0.2) is 17.7 Å². The standard InChI is InChI=1S/C12H13NO4/c1-8(14)6-12(16)13-10-4-3-5-11(7-10)17-9(2)15/h3-5,7H,6H2,1-2H3,(H,13,16). The summed E-state index contributed by atoms with van der Waals surface area (Å²) < 4.78 is 4.86. The van der Waals surface area contributed by atoms with E-state index >= 15 is 0 Å². The van der Waals surface area contributed by atoms with Gasteiger partial charge in [-0.25, -0.2) is 0 Å². The van der Waals surface area contributed by atoms with Gasteiger partial charge in [-0.15, -0.1) is 0 Å². The third-order valence-corrected chi connectivity index (χ3v) is 1.79. The third-order valence-electron chi connectivity index (χ3n) is 1.79. The summed E-state index contributed by atoms with van der Waals surface area (Å²) in [6.45, 7) is 2.63. The lowest BCUT2D eigenvalue weighted by molar-refractivity contribution is -0.132. The summed E-state index contributed by atoms with van der Waals surface area (Å²) in [5.74, 6) is -0.688. The monoisotopic (exact) mass is 235 g/mol. The molecule has 0 spiro atoms. The van der Waals surface area contributed by atoms with E-state index in [2.05, 4.69) is 5.32 Å². The van der Waals surface area contributed by atoms with E-state index in [1.807, 2.05) is 0 Å². The minimum Gasteiger partial charge on any atom is -0.427 e. The average molecular weight is 235 g/mol. The molecule has 0 aliphatic carbocycles. The third kappa shape index (κ3) is 4.92. The van der Waals surface area contributed by atoms with Crippen molar-refractivity contribution in [2.24, 2.45) is 0 Å². The Kier molecular flexibility index (Phi) is 4.39. The number of ketones is 1. The van der Waals surface area contributed by atoms with Crippen molar-refractivity contribution in [3.63, 3.8) is 0 Å². The maximum atomic E-state index is 11.3. The first-order valence-corrected chi connectivity index (χ1v) is 5.05. The highest BCUT2D eigenvalue weighted by molar-refractivity contribution is 6.03. The molecule has 5 nitrogen and oxygen atoms in total. The van der Waals surface area contributed by atoms with Crippen LogP contribution in [0.3, 0.4) is 0 Å². The molecule has 1 amide bonds. The summed E-state index contributed by atoms with van der Waals surface area (Å²) in [6.07, 6.45) is -0.169. The molecule has 1 aromatic carbocycles. The molecule has 0 bridgehead atoms. The first-order valence-electron chi connectivity index (χ1n) is 5.05. The lowest BCUT2D eigenvalue weighted by Gasteiger charge is -2.06. The van der Waals surface area contributed by atoms with Crippen molar-refractivity contribution in [1.82, 2.24) is 0 Å². The summed E-state index contributed by atoms with van der Waals surface area (Å²) in [4.78, 5) is 32.8. The van der Waals surface area contributed by atoms with E-state index in [1.165, 1.54) is 19.9 Å². The SMILES string of the molecule is CC(=O)CC(=O)Nc1cccc(OC(C)=O)c1. The van der Waals surface area contributed by atoms with Gasteiger partial charge in [-0.05, 0) is 19.1 Å². The molecule has 17 heavy (non-hydrogen) atoms. The number of carbonyl (C=O) groups is 3. The Morgan fingerprint density at radius 1 is 1.24 bits per heavy atom. The Balaban J connectivity index is 2.68. The summed E-state index contributed by atoms with van der Waals surface area (Å²) in [5, 5.41) is 2.54. The predicted molar refractivity (Wildman–Crippen MR) is 61.7 cm³/mol. The van der Waals surface area contributed by atoms with Crippen LogP contribution in [0.1, 0.15) is 20.3 Å². The number of carbonyl (C=O) groups excluding carboxylic acids is 3. The van der Waals surface area contributed by atoms with Crippen molar-refractivity contribution in [3.8, 4) is 5.75 Å². The molecule has 5 heteroatoms. The highest BCUT2D eigenvalue weighted by Gasteiger charge is 2.06. The van der Waals surface area contributed by atoms with Gasteiger partial charge < -0.3 is 10.1 Å². The molecule has 0 aromatic heterocycles. The summed E-state index contributed by atoms with van der Waals surface area (Å²) in [5.41, 5.74) is 0.481. The van der Waals surface area contributed by atoms with E-state index in [0.29, 0.717) is 11.4 Å². The number of benzene rings is 1. The fourth-order valence-corrected chi connectivity index (χ4v) is 1.23. The van der Waals surface area contributed by atoms with Gasteiger partial charge in [0.25, 0.3) is 0 Å². The molecular weight excluding hydrogens is 222 g/mol. The van der Waals surface area contributed by atoms with E-state index in [4.69, 9.17) is 4.74 Å². The van der Waals surface area contributed by atoms with Gasteiger partial charge in [0.2, 0.25) is 5.91 Å². The van der Waals surface area contributed by atoms with Gasteiger partial charge in [0.15, 0.2) is 0 Å². The second-order valence-electron chi connectivity index (χ2n) is 3.55. The maximum Gasteiger partial charge on any atom is 0.308 e. The number of nitrogens with one attached hydrogen (secondary N) is 1. The van der Waals surface area contributed by atoms with Crippen LogP contribution in [0.25, 0.3) is 0 Å². The summed E-state index contributed by atoms with van der Waals surface area (Å²) >= 11 is 0. The van der Waals surface area contributed by atoms with Crippen LogP contribution in [-0.2, 0) is 14.4 Å². The normalized spacial score (nSPS) is 9.53. The van der Waals surface area contributed by atoms with Crippen LogP contribution in [0.5, 0.6) is 5.75 Å². The Morgan fingerprint density at radius 3 is 2.53 bits per heavy atom. The van der Waals surface area contributed by atoms with Crippen molar-refractivity contribution in [3.05, 3.63) is 24.3 Å².